The minimum Gasteiger partial charge on any atom is -0.364 e. The first-order valence-electron chi connectivity index (χ1n) is 5.57. The summed E-state index contributed by atoms with van der Waals surface area (Å²) in [4.78, 5) is 17.5. The molecule has 0 aromatic carbocycles. The van der Waals surface area contributed by atoms with E-state index in [1.165, 1.54) is 6.33 Å². The number of nitrogens with two attached hydrogens (primary N) is 1. The highest BCUT2D eigenvalue weighted by atomic mass is 32.1. The molecular weight excluding hydrogens is 262 g/mol. The summed E-state index contributed by atoms with van der Waals surface area (Å²) in [5.74, 6) is 6.49. The van der Waals surface area contributed by atoms with Gasteiger partial charge in [-0.3, -0.25) is 5.43 Å². The second-order valence-electron chi connectivity index (χ2n) is 3.73. The van der Waals surface area contributed by atoms with Gasteiger partial charge in [-0.1, -0.05) is 0 Å². The first-order valence-corrected chi connectivity index (χ1v) is 6.45. The molecule has 0 saturated carbocycles. The van der Waals surface area contributed by atoms with Crippen molar-refractivity contribution in [3.05, 3.63) is 35.7 Å². The van der Waals surface area contributed by atoms with Crippen LogP contribution in [0.25, 0.3) is 10.2 Å². The molecule has 0 bridgehead atoms. The molecule has 4 N–H and O–H groups in total. The maximum absolute atomic E-state index is 5.37. The Bertz CT molecular complexity index is 682. The summed E-state index contributed by atoms with van der Waals surface area (Å²) in [6, 6.07) is 3.82. The van der Waals surface area contributed by atoms with Crippen LogP contribution in [-0.2, 0) is 6.54 Å². The lowest BCUT2D eigenvalue weighted by atomic mass is 10.3. The van der Waals surface area contributed by atoms with Crippen molar-refractivity contribution >= 4 is 33.3 Å². The number of anilines is 2. The number of thiophene rings is 1. The fourth-order valence-corrected chi connectivity index (χ4v) is 2.42. The summed E-state index contributed by atoms with van der Waals surface area (Å²) in [6.07, 6.45) is 3.22. The van der Waals surface area contributed by atoms with Gasteiger partial charge in [0.25, 0.3) is 0 Å². The van der Waals surface area contributed by atoms with Crippen LogP contribution in [0, 0.1) is 0 Å². The molecule has 7 nitrogen and oxygen atoms in total. The number of hydrazine groups is 1. The van der Waals surface area contributed by atoms with E-state index in [1.807, 2.05) is 17.5 Å². The SMILES string of the molecule is NNc1nc(NCc2ccncn2)c2ccsc2n1. The first-order chi connectivity index (χ1) is 9.36. The number of aromatic nitrogens is 4. The molecule has 3 aromatic heterocycles. The van der Waals surface area contributed by atoms with Crippen molar-refractivity contribution in [2.45, 2.75) is 6.54 Å². The Balaban J connectivity index is 1.89. The minimum absolute atomic E-state index is 0.389. The number of rotatable bonds is 4. The summed E-state index contributed by atoms with van der Waals surface area (Å²) in [5.41, 5.74) is 3.35. The van der Waals surface area contributed by atoms with Crippen molar-refractivity contribution < 1.29 is 0 Å². The number of hydrogen-bond donors (Lipinski definition) is 3. The van der Waals surface area contributed by atoms with E-state index in [-0.39, 0.29) is 0 Å². The maximum Gasteiger partial charge on any atom is 0.240 e. The molecule has 0 saturated heterocycles. The first kappa shape index (κ1) is 11.8. The third-order valence-corrected chi connectivity index (χ3v) is 3.34. The molecule has 0 unspecified atom stereocenters. The topological polar surface area (TPSA) is 102 Å². The fourth-order valence-electron chi connectivity index (χ4n) is 1.65. The Morgan fingerprint density at radius 2 is 2.21 bits per heavy atom. The van der Waals surface area contributed by atoms with Crippen molar-refractivity contribution in [3.63, 3.8) is 0 Å². The molecule has 0 aliphatic rings. The molecule has 3 heterocycles. The molecular formula is C11H11N7S. The lowest BCUT2D eigenvalue weighted by Crippen LogP contribution is -2.12. The predicted octanol–water partition coefficient (Wildman–Crippen LogP) is 1.38. The molecule has 3 aromatic rings. The number of fused-ring (bicyclic) bond motifs is 1. The molecule has 96 valence electrons. The molecule has 0 amide bonds. The van der Waals surface area contributed by atoms with E-state index in [2.05, 4.69) is 30.7 Å². The smallest absolute Gasteiger partial charge is 0.240 e. The number of nitrogens with one attached hydrogen (secondary N) is 2. The van der Waals surface area contributed by atoms with Gasteiger partial charge in [-0.25, -0.2) is 20.8 Å². The van der Waals surface area contributed by atoms with Gasteiger partial charge in [0.1, 0.15) is 17.0 Å². The lowest BCUT2D eigenvalue weighted by molar-refractivity contribution is 0.996. The van der Waals surface area contributed by atoms with E-state index >= 15 is 0 Å². The third kappa shape index (κ3) is 2.44. The molecule has 0 spiro atoms. The summed E-state index contributed by atoms with van der Waals surface area (Å²) in [7, 11) is 0. The van der Waals surface area contributed by atoms with Gasteiger partial charge in [0, 0.05) is 6.20 Å². The van der Waals surface area contributed by atoms with Gasteiger partial charge in [0.2, 0.25) is 5.95 Å². The molecule has 8 heteroatoms. The van der Waals surface area contributed by atoms with Crippen LogP contribution in [0.5, 0.6) is 0 Å². The van der Waals surface area contributed by atoms with Gasteiger partial charge in [-0.2, -0.15) is 4.98 Å². The molecule has 0 aliphatic heterocycles. The van der Waals surface area contributed by atoms with Crippen LogP contribution < -0.4 is 16.6 Å². The highest BCUT2D eigenvalue weighted by molar-refractivity contribution is 7.16. The predicted molar refractivity (Wildman–Crippen MR) is 74.6 cm³/mol. The molecule has 0 atom stereocenters. The van der Waals surface area contributed by atoms with Crippen molar-refractivity contribution in [1.29, 1.82) is 0 Å². The highest BCUT2D eigenvalue weighted by Crippen LogP contribution is 2.26. The molecule has 0 fully saturated rings. The van der Waals surface area contributed by atoms with Crippen molar-refractivity contribution in [2.24, 2.45) is 5.84 Å². The van der Waals surface area contributed by atoms with Crippen LogP contribution in [0.4, 0.5) is 11.8 Å². The van der Waals surface area contributed by atoms with E-state index in [0.717, 1.165) is 21.7 Å². The Kier molecular flexibility index (Phi) is 3.17. The van der Waals surface area contributed by atoms with E-state index in [9.17, 15) is 0 Å². The molecule has 0 aliphatic carbocycles. The average molecular weight is 273 g/mol. The van der Waals surface area contributed by atoms with Gasteiger partial charge < -0.3 is 5.32 Å². The fraction of sp³-hybridized carbons (Fsp3) is 0.0909. The highest BCUT2D eigenvalue weighted by Gasteiger charge is 2.08. The van der Waals surface area contributed by atoms with Crippen LogP contribution in [-0.4, -0.2) is 19.9 Å². The zero-order valence-corrected chi connectivity index (χ0v) is 10.7. The minimum atomic E-state index is 0.389. The van der Waals surface area contributed by atoms with Gasteiger partial charge in [-0.15, -0.1) is 11.3 Å². The second kappa shape index (κ2) is 5.12. The standard InChI is InChI=1S/C11H11N7S/c12-18-11-16-9(8-2-4-19-10(8)17-11)14-5-7-1-3-13-6-15-7/h1-4,6H,5,12H2,(H2,14,16,17,18). The monoisotopic (exact) mass is 273 g/mol. The Labute approximate surface area is 112 Å². The molecule has 3 rings (SSSR count). The normalized spacial score (nSPS) is 10.6. The maximum atomic E-state index is 5.37. The quantitative estimate of drug-likeness (QED) is 0.487. The van der Waals surface area contributed by atoms with E-state index in [0.29, 0.717) is 12.5 Å². The van der Waals surface area contributed by atoms with E-state index in [4.69, 9.17) is 5.84 Å². The molecule has 0 radical (unpaired) electrons. The van der Waals surface area contributed by atoms with Crippen LogP contribution >= 0.6 is 11.3 Å². The Morgan fingerprint density at radius 3 is 3.00 bits per heavy atom. The van der Waals surface area contributed by atoms with Crippen LogP contribution in [0.3, 0.4) is 0 Å². The van der Waals surface area contributed by atoms with Gasteiger partial charge >= 0.3 is 0 Å². The van der Waals surface area contributed by atoms with Crippen LogP contribution in [0.1, 0.15) is 5.69 Å². The van der Waals surface area contributed by atoms with Crippen LogP contribution in [0.15, 0.2) is 30.0 Å². The Morgan fingerprint density at radius 1 is 1.26 bits per heavy atom. The summed E-state index contributed by atoms with van der Waals surface area (Å²) >= 11 is 1.54. The second-order valence-corrected chi connectivity index (χ2v) is 4.63. The van der Waals surface area contributed by atoms with Gasteiger partial charge in [0.15, 0.2) is 0 Å². The summed E-state index contributed by atoms with van der Waals surface area (Å²) < 4.78 is 0. The Hall–Kier alpha value is -2.32. The van der Waals surface area contributed by atoms with Crippen molar-refractivity contribution in [1.82, 2.24) is 19.9 Å². The zero-order valence-electron chi connectivity index (χ0n) is 9.87. The average Bonchev–Trinajstić information content (AvgIpc) is 2.94. The zero-order chi connectivity index (χ0) is 13.1. The van der Waals surface area contributed by atoms with E-state index in [1.54, 1.807) is 17.5 Å². The van der Waals surface area contributed by atoms with Gasteiger partial charge in [0.05, 0.1) is 17.6 Å². The van der Waals surface area contributed by atoms with E-state index < -0.39 is 0 Å². The van der Waals surface area contributed by atoms with Crippen LogP contribution in [0.2, 0.25) is 0 Å². The van der Waals surface area contributed by atoms with Crippen molar-refractivity contribution in [3.8, 4) is 0 Å². The lowest BCUT2D eigenvalue weighted by Gasteiger charge is -2.07. The summed E-state index contributed by atoms with van der Waals surface area (Å²) in [6.45, 7) is 0.564. The molecule has 19 heavy (non-hydrogen) atoms. The van der Waals surface area contributed by atoms with Gasteiger partial charge in [-0.05, 0) is 17.5 Å². The van der Waals surface area contributed by atoms with Crippen molar-refractivity contribution in [2.75, 3.05) is 10.7 Å². The summed E-state index contributed by atoms with van der Waals surface area (Å²) in [5, 5.41) is 6.17. The largest absolute Gasteiger partial charge is 0.364 e. The third-order valence-electron chi connectivity index (χ3n) is 2.53. The number of nitrogens with zero attached hydrogens (tertiary/aromatic N) is 4. The number of nitrogen functional groups attached to an aromatic ring is 1. The number of hydrogen-bond acceptors (Lipinski definition) is 8.